The van der Waals surface area contributed by atoms with Gasteiger partial charge in [-0.1, -0.05) is 38.1 Å². The molecule has 0 amide bonds. The van der Waals surface area contributed by atoms with Gasteiger partial charge < -0.3 is 14.4 Å². The molecule has 0 saturated carbocycles. The quantitative estimate of drug-likeness (QED) is 0.597. The molecule has 0 bridgehead atoms. The lowest BCUT2D eigenvalue weighted by atomic mass is 10.0. The molecule has 5 rings (SSSR count). The molecule has 31 heavy (non-hydrogen) atoms. The van der Waals surface area contributed by atoms with Gasteiger partial charge in [0, 0.05) is 5.92 Å². The first-order chi connectivity index (χ1) is 15.2. The Hall–Kier alpha value is -2.97. The van der Waals surface area contributed by atoms with Gasteiger partial charge in [0.05, 0.1) is 6.54 Å². The summed E-state index contributed by atoms with van der Waals surface area (Å²) in [5.41, 5.74) is 2.49. The second kappa shape index (κ2) is 8.64. The number of quaternary nitrogens is 2. The zero-order valence-electron chi connectivity index (χ0n) is 18.1. The number of tetrazole rings is 1. The van der Waals surface area contributed by atoms with Gasteiger partial charge in [0.25, 0.3) is 0 Å². The van der Waals surface area contributed by atoms with Gasteiger partial charge in [-0.25, -0.2) is 4.68 Å². The van der Waals surface area contributed by atoms with E-state index in [4.69, 9.17) is 9.47 Å². The van der Waals surface area contributed by atoms with Crippen LogP contribution >= 0.6 is 0 Å². The molecule has 0 spiro atoms. The minimum Gasteiger partial charge on any atom is -0.454 e. The largest absolute Gasteiger partial charge is 0.454 e. The normalized spacial score (nSPS) is 21.4. The van der Waals surface area contributed by atoms with Crippen LogP contribution in [0.3, 0.4) is 0 Å². The molecule has 3 heterocycles. The van der Waals surface area contributed by atoms with E-state index in [9.17, 15) is 0 Å². The Morgan fingerprint density at radius 3 is 2.52 bits per heavy atom. The maximum absolute atomic E-state index is 5.53. The molecule has 8 heteroatoms. The van der Waals surface area contributed by atoms with Gasteiger partial charge >= 0.3 is 0 Å². The van der Waals surface area contributed by atoms with Crippen LogP contribution in [0.1, 0.15) is 31.3 Å². The van der Waals surface area contributed by atoms with Crippen molar-refractivity contribution in [1.29, 1.82) is 0 Å². The molecule has 0 unspecified atom stereocenters. The first-order valence-corrected chi connectivity index (χ1v) is 11.1. The number of benzene rings is 2. The van der Waals surface area contributed by atoms with Crippen LogP contribution in [0.2, 0.25) is 0 Å². The number of nitrogens with zero attached hydrogens (tertiary/aromatic N) is 4. The van der Waals surface area contributed by atoms with E-state index in [1.54, 1.807) is 9.80 Å². The summed E-state index contributed by atoms with van der Waals surface area (Å²) >= 11 is 0. The van der Waals surface area contributed by atoms with Crippen molar-refractivity contribution in [3.63, 3.8) is 0 Å². The fraction of sp³-hybridized carbons (Fsp3) is 0.435. The Labute approximate surface area is 182 Å². The maximum atomic E-state index is 5.53. The average Bonchev–Trinajstić information content (AvgIpc) is 3.44. The molecule has 3 aromatic rings. The lowest BCUT2D eigenvalue weighted by molar-refractivity contribution is -1.01. The molecule has 1 fully saturated rings. The Morgan fingerprint density at radius 1 is 0.968 bits per heavy atom. The number of nitrogens with one attached hydrogen (secondary N) is 2. The molecule has 2 N–H and O–H groups in total. The van der Waals surface area contributed by atoms with Crippen molar-refractivity contribution >= 4 is 5.69 Å². The Balaban J connectivity index is 1.32. The molecule has 1 atom stereocenters. The van der Waals surface area contributed by atoms with Crippen molar-refractivity contribution in [3.8, 4) is 11.5 Å². The molecule has 1 aromatic heterocycles. The van der Waals surface area contributed by atoms with Crippen molar-refractivity contribution in [2.75, 3.05) is 33.0 Å². The standard InChI is InChI=1S/C23H28N6O2/c1-17(2)22(28-12-10-27(11-13-28)19-6-4-3-5-7-19)23-24-25-26-29(23)15-18-8-9-20-21(14-18)31-16-30-20/h3-9,14,17,22H,10-13,15-16H2,1-2H3/p+2/t22-/m0/s1. The van der Waals surface area contributed by atoms with Crippen LogP contribution < -0.4 is 19.3 Å². The lowest BCUT2D eigenvalue weighted by Gasteiger charge is -2.35. The van der Waals surface area contributed by atoms with Crippen LogP contribution in [0, 0.1) is 5.92 Å². The smallest absolute Gasteiger partial charge is 0.231 e. The van der Waals surface area contributed by atoms with Gasteiger partial charge in [-0.05, 0) is 40.3 Å². The maximum Gasteiger partial charge on any atom is 0.231 e. The van der Waals surface area contributed by atoms with Crippen molar-refractivity contribution < 1.29 is 19.3 Å². The van der Waals surface area contributed by atoms with Gasteiger partial charge in [-0.15, -0.1) is 5.10 Å². The van der Waals surface area contributed by atoms with E-state index in [2.05, 4.69) is 65.8 Å². The Morgan fingerprint density at radius 2 is 1.74 bits per heavy atom. The van der Waals surface area contributed by atoms with Crippen LogP contribution in [-0.2, 0) is 6.54 Å². The predicted molar refractivity (Wildman–Crippen MR) is 115 cm³/mol. The molecule has 2 aliphatic heterocycles. The summed E-state index contributed by atoms with van der Waals surface area (Å²) in [6, 6.07) is 17.1. The number of para-hydroxylation sites is 1. The second-order valence-electron chi connectivity index (χ2n) is 8.73. The van der Waals surface area contributed by atoms with E-state index in [0.29, 0.717) is 12.5 Å². The lowest BCUT2D eigenvalue weighted by Crippen LogP contribution is -3.26. The molecular formula is C23H30N6O2+2. The summed E-state index contributed by atoms with van der Waals surface area (Å²) in [6.45, 7) is 9.88. The highest BCUT2D eigenvalue weighted by Crippen LogP contribution is 2.32. The van der Waals surface area contributed by atoms with E-state index >= 15 is 0 Å². The van der Waals surface area contributed by atoms with E-state index in [0.717, 1.165) is 49.1 Å². The van der Waals surface area contributed by atoms with Crippen LogP contribution in [-0.4, -0.2) is 53.2 Å². The third-order valence-corrected chi connectivity index (χ3v) is 6.39. The highest BCUT2D eigenvalue weighted by atomic mass is 16.7. The van der Waals surface area contributed by atoms with Crippen molar-refractivity contribution in [1.82, 2.24) is 20.2 Å². The molecule has 8 nitrogen and oxygen atoms in total. The van der Waals surface area contributed by atoms with Gasteiger partial charge in [0.1, 0.15) is 31.9 Å². The van der Waals surface area contributed by atoms with Gasteiger partial charge in [-0.2, -0.15) is 0 Å². The molecule has 0 radical (unpaired) electrons. The molecule has 2 aliphatic rings. The monoisotopic (exact) mass is 422 g/mol. The minimum atomic E-state index is 0.265. The van der Waals surface area contributed by atoms with E-state index in [1.807, 2.05) is 16.8 Å². The average molecular weight is 423 g/mol. The molecule has 2 aromatic carbocycles. The van der Waals surface area contributed by atoms with E-state index in [-0.39, 0.29) is 12.8 Å². The first-order valence-electron chi connectivity index (χ1n) is 11.1. The number of rotatable bonds is 6. The minimum absolute atomic E-state index is 0.265. The summed E-state index contributed by atoms with van der Waals surface area (Å²) < 4.78 is 12.9. The topological polar surface area (TPSA) is 70.9 Å². The van der Waals surface area contributed by atoms with E-state index < -0.39 is 0 Å². The third-order valence-electron chi connectivity index (χ3n) is 6.39. The molecule has 1 saturated heterocycles. The summed E-state index contributed by atoms with van der Waals surface area (Å²) in [6.07, 6.45) is 0. The number of fused-ring (bicyclic) bond motifs is 1. The summed E-state index contributed by atoms with van der Waals surface area (Å²) in [7, 11) is 0. The zero-order valence-corrected chi connectivity index (χ0v) is 18.1. The molecule has 0 aliphatic carbocycles. The van der Waals surface area contributed by atoms with Crippen LogP contribution in [0.25, 0.3) is 0 Å². The first kappa shape index (κ1) is 20.0. The van der Waals surface area contributed by atoms with Crippen molar-refractivity contribution in [2.45, 2.75) is 26.4 Å². The number of aromatic nitrogens is 4. The van der Waals surface area contributed by atoms with Gasteiger partial charge in [0.2, 0.25) is 12.6 Å². The third kappa shape index (κ3) is 4.13. The Kier molecular flexibility index (Phi) is 5.57. The van der Waals surface area contributed by atoms with Crippen molar-refractivity contribution in [2.24, 2.45) is 5.92 Å². The van der Waals surface area contributed by atoms with Crippen LogP contribution in [0.15, 0.2) is 48.5 Å². The SMILES string of the molecule is CC(C)[C@@H](c1nnnn1Cc1ccc2c(c1)OCO2)[NH+]1CC[NH+](c2ccccc2)CC1. The summed E-state index contributed by atoms with van der Waals surface area (Å²) in [4.78, 5) is 3.13. The zero-order chi connectivity index (χ0) is 21.2. The fourth-order valence-corrected chi connectivity index (χ4v) is 4.86. The van der Waals surface area contributed by atoms with E-state index in [1.165, 1.54) is 5.69 Å². The highest BCUT2D eigenvalue weighted by Gasteiger charge is 2.36. The predicted octanol–water partition coefficient (Wildman–Crippen LogP) is 0.262. The van der Waals surface area contributed by atoms with Gasteiger partial charge in [-0.3, -0.25) is 4.90 Å². The number of piperazine rings is 1. The van der Waals surface area contributed by atoms with Crippen LogP contribution in [0.4, 0.5) is 5.69 Å². The van der Waals surface area contributed by atoms with Gasteiger partial charge in [0.15, 0.2) is 17.5 Å². The molecular weight excluding hydrogens is 392 g/mol. The Bertz CT molecular complexity index is 1010. The summed E-state index contributed by atoms with van der Waals surface area (Å²) in [5, 5.41) is 12.8. The highest BCUT2D eigenvalue weighted by molar-refractivity contribution is 5.44. The number of hydrogen-bond donors (Lipinski definition) is 2. The van der Waals surface area contributed by atoms with Crippen LogP contribution in [0.5, 0.6) is 11.5 Å². The summed E-state index contributed by atoms with van der Waals surface area (Å²) in [5.74, 6) is 2.99. The second-order valence-corrected chi connectivity index (χ2v) is 8.73. The number of ether oxygens (including phenoxy) is 2. The number of hydrogen-bond acceptors (Lipinski definition) is 5. The van der Waals surface area contributed by atoms with Crippen molar-refractivity contribution in [3.05, 3.63) is 59.9 Å². The molecule has 162 valence electrons. The fourth-order valence-electron chi connectivity index (χ4n) is 4.86.